The van der Waals surface area contributed by atoms with Gasteiger partial charge in [-0.2, -0.15) is 0 Å². The summed E-state index contributed by atoms with van der Waals surface area (Å²) in [6.45, 7) is 2.34. The third-order valence-corrected chi connectivity index (χ3v) is 4.81. The molecular formula is C17H26N2O. The van der Waals surface area contributed by atoms with Crippen molar-refractivity contribution < 1.29 is 4.74 Å². The third-order valence-electron chi connectivity index (χ3n) is 4.81. The average Bonchev–Trinajstić information content (AvgIpc) is 2.97. The van der Waals surface area contributed by atoms with E-state index in [-0.39, 0.29) is 0 Å². The average molecular weight is 274 g/mol. The van der Waals surface area contributed by atoms with Gasteiger partial charge in [0.1, 0.15) is 0 Å². The van der Waals surface area contributed by atoms with Gasteiger partial charge in [-0.1, -0.05) is 18.2 Å². The molecular weight excluding hydrogens is 248 g/mol. The summed E-state index contributed by atoms with van der Waals surface area (Å²) < 4.78 is 5.46. The van der Waals surface area contributed by atoms with Crippen molar-refractivity contribution in [2.75, 3.05) is 25.1 Å². The maximum Gasteiger partial charge on any atom is 0.0586 e. The van der Waals surface area contributed by atoms with Gasteiger partial charge >= 0.3 is 0 Å². The van der Waals surface area contributed by atoms with Crippen LogP contribution >= 0.6 is 0 Å². The first-order valence-electron chi connectivity index (χ1n) is 7.94. The van der Waals surface area contributed by atoms with Crippen LogP contribution < -0.4 is 10.2 Å². The molecule has 1 aliphatic carbocycles. The molecule has 2 unspecified atom stereocenters. The maximum atomic E-state index is 5.46. The molecule has 1 N–H and O–H groups in total. The molecule has 20 heavy (non-hydrogen) atoms. The molecule has 3 rings (SSSR count). The van der Waals surface area contributed by atoms with Crippen LogP contribution in [0.2, 0.25) is 0 Å². The Morgan fingerprint density at radius 3 is 2.40 bits per heavy atom. The van der Waals surface area contributed by atoms with Crippen molar-refractivity contribution in [1.29, 1.82) is 0 Å². The molecule has 2 fully saturated rings. The first-order valence-corrected chi connectivity index (χ1v) is 7.94. The van der Waals surface area contributed by atoms with Gasteiger partial charge in [0.15, 0.2) is 0 Å². The smallest absolute Gasteiger partial charge is 0.0586 e. The van der Waals surface area contributed by atoms with Crippen molar-refractivity contribution >= 4 is 5.69 Å². The Hall–Kier alpha value is -1.06. The highest BCUT2D eigenvalue weighted by Crippen LogP contribution is 2.24. The van der Waals surface area contributed by atoms with Crippen LogP contribution in [0.15, 0.2) is 30.3 Å². The summed E-state index contributed by atoms with van der Waals surface area (Å²) >= 11 is 0. The normalized spacial score (nSPS) is 27.9. The zero-order chi connectivity index (χ0) is 13.8. The fourth-order valence-electron chi connectivity index (χ4n) is 3.58. The highest BCUT2D eigenvalue weighted by Gasteiger charge is 2.27. The van der Waals surface area contributed by atoms with Gasteiger partial charge in [0.05, 0.1) is 6.10 Å². The zero-order valence-electron chi connectivity index (χ0n) is 12.4. The lowest BCUT2D eigenvalue weighted by Gasteiger charge is -2.35. The Kier molecular flexibility index (Phi) is 4.58. The molecule has 3 heteroatoms. The Bertz CT molecular complexity index is 401. The molecule has 110 valence electrons. The van der Waals surface area contributed by atoms with E-state index in [4.69, 9.17) is 4.74 Å². The molecule has 1 aromatic carbocycles. The van der Waals surface area contributed by atoms with Gasteiger partial charge in [-0.3, -0.25) is 0 Å². The molecule has 0 amide bonds. The van der Waals surface area contributed by atoms with Crippen LogP contribution in [-0.4, -0.2) is 38.4 Å². The van der Waals surface area contributed by atoms with Gasteiger partial charge in [0.2, 0.25) is 0 Å². The van der Waals surface area contributed by atoms with Crippen LogP contribution in [0.1, 0.15) is 32.1 Å². The van der Waals surface area contributed by atoms with E-state index in [1.807, 2.05) is 7.11 Å². The van der Waals surface area contributed by atoms with E-state index in [9.17, 15) is 0 Å². The number of hydrogen-bond donors (Lipinski definition) is 1. The molecule has 1 saturated heterocycles. The molecule has 0 aromatic heterocycles. The molecule has 2 aliphatic rings. The molecule has 1 heterocycles. The molecule has 1 aliphatic heterocycles. The number of hydrogen-bond acceptors (Lipinski definition) is 3. The summed E-state index contributed by atoms with van der Waals surface area (Å²) in [6, 6.07) is 12.1. The predicted molar refractivity (Wildman–Crippen MR) is 83.2 cm³/mol. The van der Waals surface area contributed by atoms with Crippen molar-refractivity contribution in [3.05, 3.63) is 30.3 Å². The number of ether oxygens (including phenoxy) is 1. The van der Waals surface area contributed by atoms with Gasteiger partial charge in [-0.25, -0.2) is 0 Å². The topological polar surface area (TPSA) is 24.5 Å². The largest absolute Gasteiger partial charge is 0.381 e. The minimum Gasteiger partial charge on any atom is -0.381 e. The quantitative estimate of drug-likeness (QED) is 0.913. The SMILES string of the molecule is COC1CCC(NC2CCN(c3ccccc3)CC2)C1. The second-order valence-corrected chi connectivity index (χ2v) is 6.13. The molecule has 2 atom stereocenters. The van der Waals surface area contributed by atoms with Gasteiger partial charge in [0.25, 0.3) is 0 Å². The minimum absolute atomic E-state index is 0.483. The van der Waals surface area contributed by atoms with Gasteiger partial charge in [-0.05, 0) is 44.2 Å². The monoisotopic (exact) mass is 274 g/mol. The summed E-state index contributed by atoms with van der Waals surface area (Å²) in [5.74, 6) is 0. The zero-order valence-corrected chi connectivity index (χ0v) is 12.4. The van der Waals surface area contributed by atoms with E-state index in [1.165, 1.54) is 50.9 Å². The molecule has 1 saturated carbocycles. The van der Waals surface area contributed by atoms with E-state index >= 15 is 0 Å². The number of nitrogens with one attached hydrogen (secondary N) is 1. The second-order valence-electron chi connectivity index (χ2n) is 6.13. The summed E-state index contributed by atoms with van der Waals surface area (Å²) in [7, 11) is 1.84. The van der Waals surface area contributed by atoms with Crippen LogP contribution in [0, 0.1) is 0 Å². The Morgan fingerprint density at radius 2 is 1.75 bits per heavy atom. The number of methoxy groups -OCH3 is 1. The van der Waals surface area contributed by atoms with E-state index in [0.717, 1.165) is 0 Å². The lowest BCUT2D eigenvalue weighted by molar-refractivity contribution is 0.106. The number of rotatable bonds is 4. The Morgan fingerprint density at radius 1 is 1.00 bits per heavy atom. The first kappa shape index (κ1) is 13.9. The third kappa shape index (κ3) is 3.33. The number of benzene rings is 1. The van der Waals surface area contributed by atoms with Gasteiger partial charge in [0, 0.05) is 38.0 Å². The highest BCUT2D eigenvalue weighted by molar-refractivity contribution is 5.46. The lowest BCUT2D eigenvalue weighted by atomic mass is 10.0. The fraction of sp³-hybridized carbons (Fsp3) is 0.647. The summed E-state index contributed by atoms with van der Waals surface area (Å²) in [6.07, 6.45) is 6.67. The molecule has 0 spiro atoms. The van der Waals surface area contributed by atoms with Crippen LogP contribution in [0.5, 0.6) is 0 Å². The summed E-state index contributed by atoms with van der Waals surface area (Å²) in [5.41, 5.74) is 1.37. The number of nitrogens with zero attached hydrogens (tertiary/aromatic N) is 1. The fourth-order valence-corrected chi connectivity index (χ4v) is 3.58. The number of piperidine rings is 1. The van der Waals surface area contributed by atoms with Gasteiger partial charge in [-0.15, -0.1) is 0 Å². The van der Waals surface area contributed by atoms with Crippen LogP contribution in [-0.2, 0) is 4.74 Å². The van der Waals surface area contributed by atoms with E-state index in [0.29, 0.717) is 18.2 Å². The van der Waals surface area contributed by atoms with Crippen LogP contribution in [0.25, 0.3) is 0 Å². The maximum absolute atomic E-state index is 5.46. The van der Waals surface area contributed by atoms with Crippen LogP contribution in [0.3, 0.4) is 0 Å². The van der Waals surface area contributed by atoms with Gasteiger partial charge < -0.3 is 15.0 Å². The van der Waals surface area contributed by atoms with E-state index in [2.05, 4.69) is 40.5 Å². The predicted octanol–water partition coefficient (Wildman–Crippen LogP) is 2.81. The van der Waals surface area contributed by atoms with Crippen molar-refractivity contribution in [2.45, 2.75) is 50.3 Å². The molecule has 1 aromatic rings. The van der Waals surface area contributed by atoms with E-state index < -0.39 is 0 Å². The molecule has 3 nitrogen and oxygen atoms in total. The Labute approximate surface area is 122 Å². The second kappa shape index (κ2) is 6.59. The Balaban J connectivity index is 1.45. The van der Waals surface area contributed by atoms with E-state index in [1.54, 1.807) is 0 Å². The molecule has 0 radical (unpaired) electrons. The standard InChI is InChI=1S/C17H26N2O/c1-20-17-8-7-15(13-17)18-14-9-11-19(12-10-14)16-5-3-2-4-6-16/h2-6,14-15,17-18H,7-13H2,1H3. The summed E-state index contributed by atoms with van der Waals surface area (Å²) in [4.78, 5) is 2.50. The number of anilines is 1. The van der Waals surface area contributed by atoms with Crippen LogP contribution in [0.4, 0.5) is 5.69 Å². The van der Waals surface area contributed by atoms with Crippen molar-refractivity contribution in [3.8, 4) is 0 Å². The lowest BCUT2D eigenvalue weighted by Crippen LogP contribution is -2.45. The van der Waals surface area contributed by atoms with Crippen molar-refractivity contribution in [3.63, 3.8) is 0 Å². The minimum atomic E-state index is 0.483. The summed E-state index contributed by atoms with van der Waals surface area (Å²) in [5, 5.41) is 3.85. The number of para-hydroxylation sites is 1. The highest BCUT2D eigenvalue weighted by atomic mass is 16.5. The first-order chi connectivity index (χ1) is 9.85. The van der Waals surface area contributed by atoms with Crippen molar-refractivity contribution in [1.82, 2.24) is 5.32 Å². The van der Waals surface area contributed by atoms with Crippen molar-refractivity contribution in [2.24, 2.45) is 0 Å². The molecule has 0 bridgehead atoms.